The van der Waals surface area contributed by atoms with Gasteiger partial charge >= 0.3 is 5.97 Å². The Labute approximate surface area is 117 Å². The van der Waals surface area contributed by atoms with Crippen molar-refractivity contribution < 1.29 is 9.53 Å². The van der Waals surface area contributed by atoms with Crippen LogP contribution in [0.25, 0.3) is 11.1 Å². The molecule has 0 saturated heterocycles. The summed E-state index contributed by atoms with van der Waals surface area (Å²) in [5.74, 6) is -0.436. The molecule has 0 radical (unpaired) electrons. The number of aryl methyl sites for hydroxylation is 2. The van der Waals surface area contributed by atoms with Crippen molar-refractivity contribution in [2.75, 3.05) is 7.11 Å². The Hall–Kier alpha value is -2.67. The minimum Gasteiger partial charge on any atom is -0.465 e. The minimum atomic E-state index is -0.436. The fourth-order valence-corrected chi connectivity index (χ4v) is 2.04. The van der Waals surface area contributed by atoms with E-state index in [9.17, 15) is 4.79 Å². The molecule has 20 heavy (non-hydrogen) atoms. The Morgan fingerprint density at radius 3 is 2.65 bits per heavy atom. The lowest BCUT2D eigenvalue weighted by molar-refractivity contribution is 0.0601. The first-order valence-electron chi connectivity index (χ1n) is 6.13. The summed E-state index contributed by atoms with van der Waals surface area (Å²) in [5, 5.41) is 9.03. The molecule has 1 aromatic heterocycles. The Morgan fingerprint density at radius 1 is 1.25 bits per heavy atom. The first-order chi connectivity index (χ1) is 9.56. The lowest BCUT2D eigenvalue weighted by Crippen LogP contribution is -2.05. The zero-order valence-corrected chi connectivity index (χ0v) is 11.6. The molecule has 0 aliphatic carbocycles. The molecule has 1 heterocycles. The molecule has 0 saturated carbocycles. The predicted molar refractivity (Wildman–Crippen MR) is 75.2 cm³/mol. The van der Waals surface area contributed by atoms with E-state index in [-0.39, 0.29) is 0 Å². The maximum Gasteiger partial charge on any atom is 0.340 e. The van der Waals surface area contributed by atoms with Gasteiger partial charge in [0.1, 0.15) is 0 Å². The molecule has 0 bridgehead atoms. The highest BCUT2D eigenvalue weighted by Crippen LogP contribution is 2.28. The summed E-state index contributed by atoms with van der Waals surface area (Å²) in [6.07, 6.45) is 1.51. The van der Waals surface area contributed by atoms with Crippen molar-refractivity contribution in [3.05, 3.63) is 52.8 Å². The number of carbonyl (C=O) groups excluding carboxylic acids is 1. The van der Waals surface area contributed by atoms with Crippen LogP contribution in [0.4, 0.5) is 0 Å². The van der Waals surface area contributed by atoms with Crippen LogP contribution in [0.1, 0.15) is 27.2 Å². The molecule has 0 atom stereocenters. The van der Waals surface area contributed by atoms with Crippen LogP contribution in [0.15, 0.2) is 30.5 Å². The van der Waals surface area contributed by atoms with Crippen LogP contribution in [0.2, 0.25) is 0 Å². The van der Waals surface area contributed by atoms with E-state index in [1.807, 2.05) is 26.0 Å². The second kappa shape index (κ2) is 5.54. The molecular formula is C16H14N2O2. The number of carbonyl (C=O) groups is 1. The number of aromatic nitrogens is 1. The third kappa shape index (κ3) is 2.52. The summed E-state index contributed by atoms with van der Waals surface area (Å²) in [5.41, 5.74) is 4.32. The van der Waals surface area contributed by atoms with E-state index < -0.39 is 5.97 Å². The number of ether oxygens (including phenoxy) is 1. The van der Waals surface area contributed by atoms with Gasteiger partial charge in [0, 0.05) is 11.9 Å². The largest absolute Gasteiger partial charge is 0.465 e. The lowest BCUT2D eigenvalue weighted by Gasteiger charge is -2.11. The monoisotopic (exact) mass is 266 g/mol. The Kier molecular flexibility index (Phi) is 3.81. The Balaban J connectivity index is 2.71. The van der Waals surface area contributed by atoms with Gasteiger partial charge in [-0.15, -0.1) is 0 Å². The van der Waals surface area contributed by atoms with Gasteiger partial charge in [0.25, 0.3) is 0 Å². The fraction of sp³-hybridized carbons (Fsp3) is 0.188. The molecule has 4 nitrogen and oxygen atoms in total. The molecule has 0 aliphatic heterocycles. The SMILES string of the molecule is COC(=O)c1cnc(C)cc1-c1cc(C#N)ccc1C. The average Bonchev–Trinajstić information content (AvgIpc) is 2.47. The van der Waals surface area contributed by atoms with Crippen LogP contribution in [-0.2, 0) is 4.74 Å². The summed E-state index contributed by atoms with van der Waals surface area (Å²) in [6, 6.07) is 9.33. The molecule has 100 valence electrons. The number of rotatable bonds is 2. The van der Waals surface area contributed by atoms with Crippen LogP contribution in [0.3, 0.4) is 0 Å². The van der Waals surface area contributed by atoms with Gasteiger partial charge in [-0.25, -0.2) is 4.79 Å². The number of nitriles is 1. The van der Waals surface area contributed by atoms with E-state index in [1.54, 1.807) is 12.1 Å². The van der Waals surface area contributed by atoms with Gasteiger partial charge < -0.3 is 4.74 Å². The number of hydrogen-bond donors (Lipinski definition) is 0. The molecule has 2 rings (SSSR count). The average molecular weight is 266 g/mol. The standard InChI is InChI=1S/C16H14N2O2/c1-10-4-5-12(8-17)7-13(10)14-6-11(2)18-9-15(14)16(19)20-3/h4-7,9H,1-3H3. The van der Waals surface area contributed by atoms with Gasteiger partial charge in [-0.1, -0.05) is 6.07 Å². The van der Waals surface area contributed by atoms with Gasteiger partial charge in [0.2, 0.25) is 0 Å². The summed E-state index contributed by atoms with van der Waals surface area (Å²) in [7, 11) is 1.34. The number of esters is 1. The highest BCUT2D eigenvalue weighted by molar-refractivity contribution is 5.97. The van der Waals surface area contributed by atoms with E-state index >= 15 is 0 Å². The van der Waals surface area contributed by atoms with Crippen LogP contribution >= 0.6 is 0 Å². The molecule has 0 unspecified atom stereocenters. The van der Waals surface area contributed by atoms with Crippen LogP contribution in [0, 0.1) is 25.2 Å². The van der Waals surface area contributed by atoms with Gasteiger partial charge in [-0.3, -0.25) is 4.98 Å². The maximum absolute atomic E-state index is 11.9. The van der Waals surface area contributed by atoms with E-state index in [2.05, 4.69) is 11.1 Å². The van der Waals surface area contributed by atoms with Crippen molar-refractivity contribution in [2.45, 2.75) is 13.8 Å². The third-order valence-electron chi connectivity index (χ3n) is 3.10. The van der Waals surface area contributed by atoms with E-state index in [4.69, 9.17) is 10.00 Å². The molecule has 1 aromatic carbocycles. The summed E-state index contributed by atoms with van der Waals surface area (Å²) < 4.78 is 4.79. The summed E-state index contributed by atoms with van der Waals surface area (Å²) in [4.78, 5) is 16.0. The predicted octanol–water partition coefficient (Wildman–Crippen LogP) is 3.02. The van der Waals surface area contributed by atoms with E-state index in [0.717, 1.165) is 22.4 Å². The molecule has 0 fully saturated rings. The normalized spacial score (nSPS) is 9.90. The second-order valence-corrected chi connectivity index (χ2v) is 4.50. The number of pyridine rings is 1. The van der Waals surface area contributed by atoms with Crippen molar-refractivity contribution in [3.8, 4) is 17.2 Å². The quantitative estimate of drug-likeness (QED) is 0.784. The lowest BCUT2D eigenvalue weighted by atomic mass is 9.95. The Morgan fingerprint density at radius 2 is 2.00 bits per heavy atom. The number of hydrogen-bond acceptors (Lipinski definition) is 4. The van der Waals surface area contributed by atoms with Crippen molar-refractivity contribution >= 4 is 5.97 Å². The van der Waals surface area contributed by atoms with Gasteiger partial charge in [-0.2, -0.15) is 5.26 Å². The molecule has 4 heteroatoms. The number of nitrogens with zero attached hydrogens (tertiary/aromatic N) is 2. The maximum atomic E-state index is 11.9. The zero-order valence-electron chi connectivity index (χ0n) is 11.6. The van der Waals surface area contributed by atoms with Gasteiger partial charge in [0.15, 0.2) is 0 Å². The molecule has 0 spiro atoms. The molecule has 2 aromatic rings. The van der Waals surface area contributed by atoms with Gasteiger partial charge in [-0.05, 0) is 48.7 Å². The fourth-order valence-electron chi connectivity index (χ4n) is 2.04. The van der Waals surface area contributed by atoms with Gasteiger partial charge in [0.05, 0.1) is 24.3 Å². The first kappa shape index (κ1) is 13.8. The molecule has 0 amide bonds. The molecule has 0 aliphatic rings. The van der Waals surface area contributed by atoms with Crippen LogP contribution < -0.4 is 0 Å². The van der Waals surface area contributed by atoms with Crippen molar-refractivity contribution in [2.24, 2.45) is 0 Å². The van der Waals surface area contributed by atoms with Crippen molar-refractivity contribution in [3.63, 3.8) is 0 Å². The topological polar surface area (TPSA) is 63.0 Å². The third-order valence-corrected chi connectivity index (χ3v) is 3.10. The van der Waals surface area contributed by atoms with Crippen molar-refractivity contribution in [1.29, 1.82) is 5.26 Å². The molecule has 0 N–H and O–H groups in total. The molecular weight excluding hydrogens is 252 g/mol. The Bertz CT molecular complexity index is 715. The minimum absolute atomic E-state index is 0.399. The van der Waals surface area contributed by atoms with E-state index in [1.165, 1.54) is 13.3 Å². The van der Waals surface area contributed by atoms with Crippen LogP contribution in [-0.4, -0.2) is 18.1 Å². The number of benzene rings is 1. The summed E-state index contributed by atoms with van der Waals surface area (Å²) in [6.45, 7) is 3.79. The zero-order chi connectivity index (χ0) is 14.7. The number of methoxy groups -OCH3 is 1. The van der Waals surface area contributed by atoms with Crippen LogP contribution in [0.5, 0.6) is 0 Å². The summed E-state index contributed by atoms with van der Waals surface area (Å²) >= 11 is 0. The highest BCUT2D eigenvalue weighted by atomic mass is 16.5. The van der Waals surface area contributed by atoms with Crippen molar-refractivity contribution in [1.82, 2.24) is 4.98 Å². The second-order valence-electron chi connectivity index (χ2n) is 4.50. The smallest absolute Gasteiger partial charge is 0.340 e. The highest BCUT2D eigenvalue weighted by Gasteiger charge is 2.16. The van der Waals surface area contributed by atoms with E-state index in [0.29, 0.717) is 11.1 Å². The first-order valence-corrected chi connectivity index (χ1v) is 6.13.